The standard InChI is InChI=1S/C24H29N3O4S/c1-2-16-12-13-19(15-22(16)32(25,30)31)26-23(28)21-14-18-10-6-7-11-20(18)27(21)24(29)17-8-4-3-5-9-17/h3-5,8-9,12-13,15,18,20-21H,2,6-7,10-11,14H2,1H3,(H,26,28)(H2,25,30,31). The van der Waals surface area contributed by atoms with Crippen LogP contribution in [0.3, 0.4) is 0 Å². The van der Waals surface area contributed by atoms with Crippen LogP contribution < -0.4 is 10.5 Å². The number of hydrogen-bond donors (Lipinski definition) is 2. The quantitative estimate of drug-likeness (QED) is 0.721. The molecule has 0 spiro atoms. The molecule has 1 aliphatic heterocycles. The molecular formula is C24H29N3O4S. The third kappa shape index (κ3) is 4.42. The summed E-state index contributed by atoms with van der Waals surface area (Å²) in [4.78, 5) is 28.5. The molecule has 1 saturated carbocycles. The minimum Gasteiger partial charge on any atom is -0.324 e. The fourth-order valence-electron chi connectivity index (χ4n) is 5.13. The van der Waals surface area contributed by atoms with Crippen LogP contribution in [0, 0.1) is 5.92 Å². The van der Waals surface area contributed by atoms with E-state index in [9.17, 15) is 18.0 Å². The van der Waals surface area contributed by atoms with Crippen molar-refractivity contribution in [1.29, 1.82) is 0 Å². The number of likely N-dealkylation sites (tertiary alicyclic amines) is 1. The number of primary sulfonamides is 1. The van der Waals surface area contributed by atoms with Crippen LogP contribution in [0.4, 0.5) is 5.69 Å². The average Bonchev–Trinajstić information content (AvgIpc) is 3.18. The zero-order valence-electron chi connectivity index (χ0n) is 18.2. The molecule has 2 aromatic carbocycles. The van der Waals surface area contributed by atoms with Gasteiger partial charge in [0.2, 0.25) is 15.9 Å². The van der Waals surface area contributed by atoms with Gasteiger partial charge in [0.25, 0.3) is 5.91 Å². The molecule has 2 aliphatic rings. The topological polar surface area (TPSA) is 110 Å². The molecule has 32 heavy (non-hydrogen) atoms. The number of hydrogen-bond acceptors (Lipinski definition) is 4. The number of fused-ring (bicyclic) bond motifs is 1. The highest BCUT2D eigenvalue weighted by Crippen LogP contribution is 2.41. The summed E-state index contributed by atoms with van der Waals surface area (Å²) in [6.45, 7) is 1.84. The maximum Gasteiger partial charge on any atom is 0.254 e. The summed E-state index contributed by atoms with van der Waals surface area (Å²) in [6.07, 6.45) is 5.18. The summed E-state index contributed by atoms with van der Waals surface area (Å²) < 4.78 is 24.0. The van der Waals surface area contributed by atoms with E-state index < -0.39 is 16.1 Å². The highest BCUT2D eigenvalue weighted by molar-refractivity contribution is 7.89. The normalized spacial score (nSPS) is 22.9. The monoisotopic (exact) mass is 455 g/mol. The van der Waals surface area contributed by atoms with Gasteiger partial charge >= 0.3 is 0 Å². The Hall–Kier alpha value is -2.71. The lowest BCUT2D eigenvalue weighted by atomic mass is 9.84. The lowest BCUT2D eigenvalue weighted by molar-refractivity contribution is -0.120. The van der Waals surface area contributed by atoms with E-state index in [1.54, 1.807) is 29.2 Å². The minimum absolute atomic E-state index is 0.00936. The Kier molecular flexibility index (Phi) is 6.35. The Labute approximate surface area is 189 Å². The first-order valence-electron chi connectivity index (χ1n) is 11.1. The predicted molar refractivity (Wildman–Crippen MR) is 123 cm³/mol. The highest BCUT2D eigenvalue weighted by atomic mass is 32.2. The van der Waals surface area contributed by atoms with Crippen molar-refractivity contribution in [1.82, 2.24) is 4.90 Å². The summed E-state index contributed by atoms with van der Waals surface area (Å²) in [7, 11) is -3.92. The van der Waals surface area contributed by atoms with Crippen LogP contribution in [-0.2, 0) is 21.2 Å². The van der Waals surface area contributed by atoms with Crippen molar-refractivity contribution < 1.29 is 18.0 Å². The van der Waals surface area contributed by atoms with Crippen molar-refractivity contribution in [2.24, 2.45) is 11.1 Å². The molecule has 3 atom stereocenters. The number of rotatable bonds is 5. The molecule has 0 radical (unpaired) electrons. The van der Waals surface area contributed by atoms with Gasteiger partial charge in [-0.2, -0.15) is 0 Å². The van der Waals surface area contributed by atoms with Gasteiger partial charge in [-0.1, -0.05) is 44.0 Å². The molecular weight excluding hydrogens is 426 g/mol. The number of benzene rings is 2. The molecule has 7 nitrogen and oxygen atoms in total. The van der Waals surface area contributed by atoms with Crippen LogP contribution in [0.2, 0.25) is 0 Å². The second-order valence-corrected chi connectivity index (χ2v) is 10.2. The fourth-order valence-corrected chi connectivity index (χ4v) is 6.00. The van der Waals surface area contributed by atoms with E-state index in [1.165, 1.54) is 6.07 Å². The van der Waals surface area contributed by atoms with Crippen LogP contribution in [0.15, 0.2) is 53.4 Å². The van der Waals surface area contributed by atoms with Gasteiger partial charge in [0, 0.05) is 17.3 Å². The Morgan fingerprint density at radius 1 is 1.09 bits per heavy atom. The van der Waals surface area contributed by atoms with E-state index >= 15 is 0 Å². The number of aryl methyl sites for hydroxylation is 1. The molecule has 1 aliphatic carbocycles. The SMILES string of the molecule is CCc1ccc(NC(=O)C2CC3CCCCC3N2C(=O)c2ccccc2)cc1S(N)(=O)=O. The van der Waals surface area contributed by atoms with E-state index in [-0.39, 0.29) is 22.8 Å². The Bertz CT molecular complexity index is 1120. The number of nitrogens with one attached hydrogen (secondary N) is 1. The molecule has 4 rings (SSSR count). The predicted octanol–water partition coefficient (Wildman–Crippen LogP) is 3.31. The van der Waals surface area contributed by atoms with Crippen molar-refractivity contribution in [3.63, 3.8) is 0 Å². The number of carbonyl (C=O) groups excluding carboxylic acids is 2. The van der Waals surface area contributed by atoms with Crippen LogP contribution in [-0.4, -0.2) is 37.2 Å². The maximum atomic E-state index is 13.4. The molecule has 2 aromatic rings. The Morgan fingerprint density at radius 2 is 1.81 bits per heavy atom. The molecule has 1 heterocycles. The van der Waals surface area contributed by atoms with Crippen LogP contribution in [0.1, 0.15) is 54.9 Å². The van der Waals surface area contributed by atoms with Crippen molar-refractivity contribution >= 4 is 27.5 Å². The van der Waals surface area contributed by atoms with Gasteiger partial charge in [0.05, 0.1) is 4.90 Å². The van der Waals surface area contributed by atoms with Gasteiger partial charge < -0.3 is 10.2 Å². The zero-order valence-corrected chi connectivity index (χ0v) is 19.0. The van der Waals surface area contributed by atoms with Crippen LogP contribution in [0.25, 0.3) is 0 Å². The summed E-state index contributed by atoms with van der Waals surface area (Å²) in [6, 6.07) is 13.2. The molecule has 170 valence electrons. The van der Waals surface area contributed by atoms with Crippen molar-refractivity contribution in [3.05, 3.63) is 59.7 Å². The third-order valence-electron chi connectivity index (χ3n) is 6.67. The van der Waals surface area contributed by atoms with Gasteiger partial charge in [-0.15, -0.1) is 0 Å². The molecule has 1 saturated heterocycles. The molecule has 0 bridgehead atoms. The molecule has 2 amide bonds. The highest BCUT2D eigenvalue weighted by Gasteiger charge is 2.47. The van der Waals surface area contributed by atoms with Crippen molar-refractivity contribution in [3.8, 4) is 0 Å². The molecule has 8 heteroatoms. The third-order valence-corrected chi connectivity index (χ3v) is 7.66. The second kappa shape index (κ2) is 9.03. The number of carbonyl (C=O) groups is 2. The molecule has 2 fully saturated rings. The van der Waals surface area contributed by atoms with Crippen molar-refractivity contribution in [2.75, 3.05) is 5.32 Å². The fraction of sp³-hybridized carbons (Fsp3) is 0.417. The van der Waals surface area contributed by atoms with Crippen molar-refractivity contribution in [2.45, 2.75) is 62.4 Å². The number of anilines is 1. The van der Waals surface area contributed by atoms with Gasteiger partial charge in [0.1, 0.15) is 6.04 Å². The molecule has 0 aromatic heterocycles. The Balaban J connectivity index is 1.62. The minimum atomic E-state index is -3.92. The number of nitrogens with two attached hydrogens (primary N) is 1. The first kappa shape index (κ1) is 22.5. The van der Waals surface area contributed by atoms with Gasteiger partial charge in [-0.3, -0.25) is 9.59 Å². The van der Waals surface area contributed by atoms with Crippen LogP contribution in [0.5, 0.6) is 0 Å². The second-order valence-electron chi connectivity index (χ2n) is 8.65. The van der Waals surface area contributed by atoms with Crippen LogP contribution >= 0.6 is 0 Å². The number of sulfonamides is 1. The van der Waals surface area contributed by atoms with E-state index in [1.807, 2.05) is 25.1 Å². The Morgan fingerprint density at radius 3 is 2.50 bits per heavy atom. The largest absolute Gasteiger partial charge is 0.324 e. The lowest BCUT2D eigenvalue weighted by Crippen LogP contribution is -2.47. The van der Waals surface area contributed by atoms with Gasteiger partial charge in [-0.05, 0) is 61.4 Å². The number of amides is 2. The summed E-state index contributed by atoms with van der Waals surface area (Å²) >= 11 is 0. The van der Waals surface area contributed by atoms with E-state index in [0.29, 0.717) is 35.6 Å². The average molecular weight is 456 g/mol. The summed E-state index contributed by atoms with van der Waals surface area (Å²) in [5.74, 6) is -0.130. The summed E-state index contributed by atoms with van der Waals surface area (Å²) in [5, 5.41) is 8.21. The summed E-state index contributed by atoms with van der Waals surface area (Å²) in [5.41, 5.74) is 1.52. The lowest BCUT2D eigenvalue weighted by Gasteiger charge is -2.33. The van der Waals surface area contributed by atoms with E-state index in [4.69, 9.17) is 5.14 Å². The van der Waals surface area contributed by atoms with E-state index in [2.05, 4.69) is 5.32 Å². The van der Waals surface area contributed by atoms with Gasteiger partial charge in [-0.25, -0.2) is 13.6 Å². The maximum absolute atomic E-state index is 13.4. The molecule has 3 unspecified atom stereocenters. The number of nitrogens with zero attached hydrogens (tertiary/aromatic N) is 1. The smallest absolute Gasteiger partial charge is 0.254 e. The first-order valence-corrected chi connectivity index (χ1v) is 12.7. The molecule has 3 N–H and O–H groups in total. The zero-order chi connectivity index (χ0) is 22.9. The van der Waals surface area contributed by atoms with Gasteiger partial charge in [0.15, 0.2) is 0 Å². The first-order chi connectivity index (χ1) is 15.3. The van der Waals surface area contributed by atoms with E-state index in [0.717, 1.165) is 25.7 Å².